The van der Waals surface area contributed by atoms with E-state index in [4.69, 9.17) is 15.2 Å². The molecule has 1 aliphatic carbocycles. The molecule has 0 aromatic heterocycles. The van der Waals surface area contributed by atoms with E-state index in [0.29, 0.717) is 25.7 Å². The fourth-order valence-electron chi connectivity index (χ4n) is 4.41. The second-order valence-electron chi connectivity index (χ2n) is 7.95. The Morgan fingerprint density at radius 3 is 2.85 bits per heavy atom. The Balaban J connectivity index is 1.62. The highest BCUT2D eigenvalue weighted by Gasteiger charge is 2.62. The van der Waals surface area contributed by atoms with Crippen molar-refractivity contribution in [3.8, 4) is 5.75 Å². The van der Waals surface area contributed by atoms with E-state index in [1.807, 2.05) is 6.07 Å². The Hall–Kier alpha value is -2.08. The number of morpholine rings is 1. The molecule has 0 radical (unpaired) electrons. The molecule has 2 amide bonds. The van der Waals surface area contributed by atoms with Gasteiger partial charge in [-0.3, -0.25) is 9.59 Å². The molecule has 2 fully saturated rings. The third-order valence-electron chi connectivity index (χ3n) is 6.13. The lowest BCUT2D eigenvalue weighted by Gasteiger charge is -2.35. The van der Waals surface area contributed by atoms with E-state index in [2.05, 4.69) is 26.0 Å². The molecule has 1 aromatic carbocycles. The summed E-state index contributed by atoms with van der Waals surface area (Å²) in [4.78, 5) is 26.6. The first kappa shape index (κ1) is 17.3. The number of hydrogen-bond donors (Lipinski definition) is 1. The van der Waals surface area contributed by atoms with Gasteiger partial charge in [0.2, 0.25) is 11.8 Å². The molecule has 1 saturated heterocycles. The molecule has 140 valence electrons. The third kappa shape index (κ3) is 2.67. The van der Waals surface area contributed by atoms with Crippen molar-refractivity contribution in [2.45, 2.75) is 44.1 Å². The van der Waals surface area contributed by atoms with Gasteiger partial charge in [-0.1, -0.05) is 26.0 Å². The monoisotopic (exact) mass is 358 g/mol. The number of hydrogen-bond acceptors (Lipinski definition) is 4. The van der Waals surface area contributed by atoms with Crippen molar-refractivity contribution in [1.29, 1.82) is 0 Å². The number of carbonyl (C=O) groups is 2. The molecule has 26 heavy (non-hydrogen) atoms. The van der Waals surface area contributed by atoms with Gasteiger partial charge in [0.15, 0.2) is 0 Å². The molecule has 6 nitrogen and oxygen atoms in total. The van der Waals surface area contributed by atoms with E-state index < -0.39 is 11.9 Å². The van der Waals surface area contributed by atoms with Gasteiger partial charge < -0.3 is 20.1 Å². The average Bonchev–Trinajstić information content (AvgIpc) is 3.35. The van der Waals surface area contributed by atoms with Crippen LogP contribution >= 0.6 is 0 Å². The van der Waals surface area contributed by atoms with Crippen LogP contribution in [0.25, 0.3) is 0 Å². The highest BCUT2D eigenvalue weighted by Crippen LogP contribution is 2.61. The Morgan fingerprint density at radius 1 is 1.31 bits per heavy atom. The summed E-state index contributed by atoms with van der Waals surface area (Å²) in [6.07, 6.45) is 1.65. The normalized spacial score (nSPS) is 30.0. The van der Waals surface area contributed by atoms with E-state index in [-0.39, 0.29) is 23.8 Å². The molecule has 1 aromatic rings. The molecule has 6 heteroatoms. The summed E-state index contributed by atoms with van der Waals surface area (Å²) in [6, 6.07) is 5.69. The lowest BCUT2D eigenvalue weighted by molar-refractivity contribution is -0.148. The summed E-state index contributed by atoms with van der Waals surface area (Å²) in [5.41, 5.74) is 7.73. The molecule has 0 bridgehead atoms. The van der Waals surface area contributed by atoms with Gasteiger partial charge in [0.25, 0.3) is 0 Å². The van der Waals surface area contributed by atoms with E-state index >= 15 is 0 Å². The zero-order valence-corrected chi connectivity index (χ0v) is 15.4. The standard InChI is InChI=1S/C20H26N2O4/c1-12(2)13-3-4-17-14(9-13)20(5-7-26-17)10-15(20)19(24)22-6-8-25-11-16(22)18(21)23/h3-4,9,12,15-16H,5-8,10-11H2,1-2H3,(H2,21,23)/t15-,16?,20-/m0/s1. The molecule has 3 aliphatic rings. The molecular formula is C20H26N2O4. The maximum Gasteiger partial charge on any atom is 0.242 e. The maximum absolute atomic E-state index is 13.2. The first-order chi connectivity index (χ1) is 12.4. The van der Waals surface area contributed by atoms with Gasteiger partial charge in [-0.25, -0.2) is 0 Å². The molecule has 3 atom stereocenters. The quantitative estimate of drug-likeness (QED) is 0.889. The molecule has 2 N–H and O–H groups in total. The van der Waals surface area contributed by atoms with Crippen molar-refractivity contribution in [3.05, 3.63) is 29.3 Å². The van der Waals surface area contributed by atoms with Crippen molar-refractivity contribution < 1.29 is 19.1 Å². The number of benzene rings is 1. The highest BCUT2D eigenvalue weighted by molar-refractivity contribution is 5.90. The van der Waals surface area contributed by atoms with Gasteiger partial charge in [0.05, 0.1) is 19.8 Å². The maximum atomic E-state index is 13.2. The molecule has 1 saturated carbocycles. The number of nitrogens with zero attached hydrogens (tertiary/aromatic N) is 1. The first-order valence-electron chi connectivity index (χ1n) is 9.39. The van der Waals surface area contributed by atoms with Crippen LogP contribution in [-0.2, 0) is 19.7 Å². The molecular weight excluding hydrogens is 332 g/mol. The van der Waals surface area contributed by atoms with Crippen molar-refractivity contribution >= 4 is 11.8 Å². The van der Waals surface area contributed by atoms with Crippen LogP contribution < -0.4 is 10.5 Å². The fourth-order valence-corrected chi connectivity index (χ4v) is 4.41. The Morgan fingerprint density at radius 2 is 2.12 bits per heavy atom. The Labute approximate surface area is 153 Å². The van der Waals surface area contributed by atoms with Crippen LogP contribution in [0, 0.1) is 5.92 Å². The third-order valence-corrected chi connectivity index (χ3v) is 6.13. The molecule has 2 heterocycles. The van der Waals surface area contributed by atoms with Crippen LogP contribution in [0.1, 0.15) is 43.7 Å². The van der Waals surface area contributed by atoms with Crippen LogP contribution in [0.2, 0.25) is 0 Å². The zero-order valence-electron chi connectivity index (χ0n) is 15.4. The summed E-state index contributed by atoms with van der Waals surface area (Å²) in [6.45, 7) is 6.02. The Kier molecular flexibility index (Phi) is 4.18. The van der Waals surface area contributed by atoms with Gasteiger partial charge in [-0.15, -0.1) is 0 Å². The van der Waals surface area contributed by atoms with Crippen LogP contribution in [-0.4, -0.2) is 49.1 Å². The van der Waals surface area contributed by atoms with Gasteiger partial charge in [-0.2, -0.15) is 0 Å². The largest absolute Gasteiger partial charge is 0.493 e. The highest BCUT2D eigenvalue weighted by atomic mass is 16.5. The summed E-state index contributed by atoms with van der Waals surface area (Å²) in [5, 5.41) is 0. The van der Waals surface area contributed by atoms with Gasteiger partial charge >= 0.3 is 0 Å². The number of nitrogens with two attached hydrogens (primary N) is 1. The summed E-state index contributed by atoms with van der Waals surface area (Å²) in [7, 11) is 0. The topological polar surface area (TPSA) is 81.9 Å². The smallest absolute Gasteiger partial charge is 0.242 e. The minimum Gasteiger partial charge on any atom is -0.493 e. The van der Waals surface area contributed by atoms with Crippen LogP contribution in [0.5, 0.6) is 5.75 Å². The van der Waals surface area contributed by atoms with Gasteiger partial charge in [0, 0.05) is 23.4 Å². The number of rotatable bonds is 3. The summed E-state index contributed by atoms with van der Waals surface area (Å²) >= 11 is 0. The van der Waals surface area contributed by atoms with Crippen molar-refractivity contribution in [2.75, 3.05) is 26.4 Å². The second-order valence-corrected chi connectivity index (χ2v) is 7.95. The zero-order chi connectivity index (χ0) is 18.5. The molecule has 1 spiro atoms. The fraction of sp³-hybridized carbons (Fsp3) is 0.600. The summed E-state index contributed by atoms with van der Waals surface area (Å²) < 4.78 is 11.2. The predicted molar refractivity (Wildman–Crippen MR) is 95.9 cm³/mol. The number of carbonyl (C=O) groups excluding carboxylic acids is 2. The van der Waals surface area contributed by atoms with Crippen LogP contribution in [0.15, 0.2) is 18.2 Å². The average molecular weight is 358 g/mol. The minimum absolute atomic E-state index is 0.0277. The lowest BCUT2D eigenvalue weighted by Crippen LogP contribution is -2.55. The molecule has 1 unspecified atom stereocenters. The lowest BCUT2D eigenvalue weighted by atomic mass is 9.84. The number of primary amides is 1. The van der Waals surface area contributed by atoms with Crippen LogP contribution in [0.3, 0.4) is 0 Å². The van der Waals surface area contributed by atoms with Gasteiger partial charge in [0.1, 0.15) is 11.8 Å². The van der Waals surface area contributed by atoms with Gasteiger partial charge in [-0.05, 0) is 30.4 Å². The van der Waals surface area contributed by atoms with E-state index in [1.165, 1.54) is 5.56 Å². The molecule has 2 aliphatic heterocycles. The number of fused-ring (bicyclic) bond motifs is 2. The van der Waals surface area contributed by atoms with Crippen LogP contribution in [0.4, 0.5) is 0 Å². The van der Waals surface area contributed by atoms with Crippen molar-refractivity contribution in [2.24, 2.45) is 11.7 Å². The number of amides is 2. The predicted octanol–water partition coefficient (Wildman–Crippen LogP) is 1.56. The van der Waals surface area contributed by atoms with Crippen molar-refractivity contribution in [3.63, 3.8) is 0 Å². The minimum atomic E-state index is -0.657. The SMILES string of the molecule is CC(C)c1ccc2c(c1)[C@]1(CCO2)C[C@H]1C(=O)N1CCOCC1C(N)=O. The number of ether oxygens (including phenoxy) is 2. The molecule has 4 rings (SSSR count). The van der Waals surface area contributed by atoms with E-state index in [9.17, 15) is 9.59 Å². The Bertz CT molecular complexity index is 747. The summed E-state index contributed by atoms with van der Waals surface area (Å²) in [5.74, 6) is 0.740. The van der Waals surface area contributed by atoms with Crippen molar-refractivity contribution in [1.82, 2.24) is 4.90 Å². The van der Waals surface area contributed by atoms with E-state index in [1.54, 1.807) is 4.90 Å². The second kappa shape index (κ2) is 6.27. The first-order valence-corrected chi connectivity index (χ1v) is 9.39. The van der Waals surface area contributed by atoms with E-state index in [0.717, 1.165) is 24.2 Å².